The molecule has 2 aromatic rings. The van der Waals surface area contributed by atoms with Crippen molar-refractivity contribution >= 4 is 40.0 Å². The highest BCUT2D eigenvalue weighted by Gasteiger charge is 2.09. The minimum atomic E-state index is 0.508. The Balaban J connectivity index is 2.54. The van der Waals surface area contributed by atoms with E-state index in [1.807, 2.05) is 0 Å². The second kappa shape index (κ2) is 2.99. The van der Waals surface area contributed by atoms with E-state index in [2.05, 4.69) is 36.1 Å². The summed E-state index contributed by atoms with van der Waals surface area (Å²) in [4.78, 5) is 9.34. The summed E-state index contributed by atoms with van der Waals surface area (Å²) in [6.45, 7) is 0. The minimum Gasteiger partial charge on any atom is -0.259 e. The molecule has 2 rings (SSSR count). The average Bonchev–Trinajstić information content (AvgIpc) is 2.58. The van der Waals surface area contributed by atoms with Crippen LogP contribution < -0.4 is 4.91 Å². The van der Waals surface area contributed by atoms with Crippen LogP contribution in [0, 0.1) is 0 Å². The number of H-pyrrole nitrogens is 1. The number of rotatable bonds is 1. The third-order valence-electron chi connectivity index (χ3n) is 1.23. The van der Waals surface area contributed by atoms with E-state index in [9.17, 15) is 0 Å². The molecule has 0 aliphatic carbocycles. The molecule has 1 N–H and O–H groups in total. The van der Waals surface area contributed by atoms with Crippen LogP contribution in [0.5, 0.6) is 0 Å². The maximum absolute atomic E-state index is 5.50. The molecule has 0 aliphatic rings. The first-order valence-corrected chi connectivity index (χ1v) is 4.66. The van der Waals surface area contributed by atoms with Crippen molar-refractivity contribution in [1.29, 1.82) is 0 Å². The monoisotopic (exact) mass is 240 g/mol. The quantitative estimate of drug-likeness (QED) is 0.739. The Bertz CT molecular complexity index is 384. The van der Waals surface area contributed by atoms with Crippen LogP contribution in [0.1, 0.15) is 0 Å². The van der Waals surface area contributed by atoms with Gasteiger partial charge in [0.1, 0.15) is 15.8 Å². The van der Waals surface area contributed by atoms with E-state index in [4.69, 9.17) is 7.85 Å². The van der Waals surface area contributed by atoms with E-state index in [-0.39, 0.29) is 0 Å². The number of thiazole rings is 1. The van der Waals surface area contributed by atoms with Crippen molar-refractivity contribution in [3.05, 3.63) is 10.9 Å². The Morgan fingerprint density at radius 2 is 2.42 bits per heavy atom. The molecule has 0 aromatic carbocycles. The van der Waals surface area contributed by atoms with E-state index in [0.29, 0.717) is 15.3 Å². The molecule has 0 fully saturated rings. The maximum Gasteiger partial charge on any atom is 0.168 e. The van der Waals surface area contributed by atoms with Crippen molar-refractivity contribution in [2.75, 3.05) is 0 Å². The lowest BCUT2D eigenvalue weighted by atomic mass is 10.2. The average molecular weight is 241 g/mol. The van der Waals surface area contributed by atoms with Gasteiger partial charge in [-0.15, -0.1) is 11.3 Å². The van der Waals surface area contributed by atoms with Crippen molar-refractivity contribution in [3.63, 3.8) is 0 Å². The summed E-state index contributed by atoms with van der Waals surface area (Å²) in [6.07, 6.45) is 1.44. The molecule has 0 atom stereocenters. The van der Waals surface area contributed by atoms with Gasteiger partial charge >= 0.3 is 0 Å². The highest BCUT2D eigenvalue weighted by atomic mass is 79.9. The Morgan fingerprint density at radius 3 is 2.92 bits per heavy atom. The lowest BCUT2D eigenvalue weighted by Gasteiger charge is -1.87. The fraction of sp³-hybridized carbons (Fsp3) is 0. The standard InChI is InChI=1S/C5H2BBrN4S/c6-5-10-3(7)2(12-5)4-8-1-9-11-4/h1H,(H,8,9,11). The van der Waals surface area contributed by atoms with Gasteiger partial charge in [-0.25, -0.2) is 9.97 Å². The lowest BCUT2D eigenvalue weighted by Crippen LogP contribution is -1.96. The van der Waals surface area contributed by atoms with Gasteiger partial charge in [-0.2, -0.15) is 5.10 Å². The zero-order valence-corrected chi connectivity index (χ0v) is 8.19. The predicted octanol–water partition coefficient (Wildman–Crippen LogP) is 0.484. The van der Waals surface area contributed by atoms with Crippen molar-refractivity contribution in [2.45, 2.75) is 0 Å². The molecule has 2 aromatic heterocycles. The first-order valence-electron chi connectivity index (χ1n) is 3.05. The maximum atomic E-state index is 5.50. The molecule has 2 heterocycles. The third-order valence-corrected chi connectivity index (χ3v) is 2.96. The van der Waals surface area contributed by atoms with Crippen LogP contribution in [0.4, 0.5) is 0 Å². The third kappa shape index (κ3) is 1.29. The SMILES string of the molecule is [B]c1nc(Br)c(-c2ncn[nH]2)s1. The van der Waals surface area contributed by atoms with Gasteiger partial charge in [0.15, 0.2) is 13.7 Å². The summed E-state index contributed by atoms with van der Waals surface area (Å²) in [5.74, 6) is 0.677. The van der Waals surface area contributed by atoms with Gasteiger partial charge in [-0.1, -0.05) is 0 Å². The van der Waals surface area contributed by atoms with Gasteiger partial charge in [-0.3, -0.25) is 5.10 Å². The van der Waals surface area contributed by atoms with Crippen LogP contribution in [-0.2, 0) is 0 Å². The minimum absolute atomic E-state index is 0.508. The molecule has 7 heteroatoms. The normalized spacial score (nSPS) is 10.4. The summed E-state index contributed by atoms with van der Waals surface area (Å²) >= 11 is 4.63. The highest BCUT2D eigenvalue weighted by molar-refractivity contribution is 9.10. The first-order chi connectivity index (χ1) is 5.77. The Labute approximate surface area is 82.0 Å². The number of aromatic amines is 1. The first kappa shape index (κ1) is 7.94. The summed E-state index contributed by atoms with van der Waals surface area (Å²) in [5, 5.41) is 6.46. The Hall–Kier alpha value is -0.685. The highest BCUT2D eigenvalue weighted by Crippen LogP contribution is 2.26. The van der Waals surface area contributed by atoms with Gasteiger partial charge in [0.05, 0.1) is 0 Å². The molecule has 12 heavy (non-hydrogen) atoms. The lowest BCUT2D eigenvalue weighted by molar-refractivity contribution is 1.10. The molecule has 58 valence electrons. The Morgan fingerprint density at radius 1 is 1.58 bits per heavy atom. The van der Waals surface area contributed by atoms with E-state index in [0.717, 1.165) is 4.88 Å². The van der Waals surface area contributed by atoms with E-state index in [1.165, 1.54) is 17.7 Å². The topological polar surface area (TPSA) is 54.5 Å². The van der Waals surface area contributed by atoms with Crippen LogP contribution in [0.3, 0.4) is 0 Å². The van der Waals surface area contributed by atoms with E-state index >= 15 is 0 Å². The molecule has 4 nitrogen and oxygen atoms in total. The summed E-state index contributed by atoms with van der Waals surface area (Å²) in [7, 11) is 5.50. The molecular formula is C5H2BBrN4S. The van der Waals surface area contributed by atoms with E-state index < -0.39 is 0 Å². The predicted molar refractivity (Wildman–Crippen MR) is 50.6 cm³/mol. The molecule has 0 aliphatic heterocycles. The van der Waals surface area contributed by atoms with Crippen molar-refractivity contribution < 1.29 is 0 Å². The Kier molecular flexibility index (Phi) is 1.97. The number of aromatic nitrogens is 4. The largest absolute Gasteiger partial charge is 0.259 e. The molecule has 0 unspecified atom stereocenters. The molecule has 0 bridgehead atoms. The second-order valence-corrected chi connectivity index (χ2v) is 3.79. The smallest absolute Gasteiger partial charge is 0.168 e. The van der Waals surface area contributed by atoms with E-state index in [1.54, 1.807) is 0 Å². The number of nitrogens with one attached hydrogen (secondary N) is 1. The number of hydrogen-bond donors (Lipinski definition) is 1. The van der Waals surface area contributed by atoms with Crippen LogP contribution in [0.2, 0.25) is 0 Å². The number of hydrogen-bond acceptors (Lipinski definition) is 4. The zero-order valence-electron chi connectivity index (χ0n) is 5.78. The van der Waals surface area contributed by atoms with Crippen LogP contribution in [0.25, 0.3) is 10.7 Å². The van der Waals surface area contributed by atoms with Crippen molar-refractivity contribution in [1.82, 2.24) is 20.2 Å². The van der Waals surface area contributed by atoms with Gasteiger partial charge in [-0.05, 0) is 15.9 Å². The number of halogens is 1. The molecule has 0 spiro atoms. The summed E-state index contributed by atoms with van der Waals surface area (Å²) in [6, 6.07) is 0. The molecule has 0 saturated carbocycles. The molecule has 0 saturated heterocycles. The van der Waals surface area contributed by atoms with Gasteiger partial charge < -0.3 is 0 Å². The van der Waals surface area contributed by atoms with Gasteiger partial charge in [0.2, 0.25) is 0 Å². The van der Waals surface area contributed by atoms with Crippen LogP contribution >= 0.6 is 27.3 Å². The van der Waals surface area contributed by atoms with Gasteiger partial charge in [0, 0.05) is 4.91 Å². The molecule has 0 amide bonds. The van der Waals surface area contributed by atoms with Gasteiger partial charge in [0.25, 0.3) is 0 Å². The zero-order chi connectivity index (χ0) is 8.55. The summed E-state index contributed by atoms with van der Waals surface area (Å²) in [5.41, 5.74) is 0. The fourth-order valence-electron chi connectivity index (χ4n) is 0.778. The molecular weight excluding hydrogens is 239 g/mol. The van der Waals surface area contributed by atoms with Crippen LogP contribution in [0.15, 0.2) is 10.9 Å². The fourth-order valence-corrected chi connectivity index (χ4v) is 2.19. The van der Waals surface area contributed by atoms with Crippen LogP contribution in [-0.4, -0.2) is 28.0 Å². The van der Waals surface area contributed by atoms with Crippen molar-refractivity contribution in [2.24, 2.45) is 0 Å². The molecule has 2 radical (unpaired) electrons. The number of nitrogens with zero attached hydrogens (tertiary/aromatic N) is 3. The second-order valence-electron chi connectivity index (χ2n) is 2.01. The van der Waals surface area contributed by atoms with Crippen molar-refractivity contribution in [3.8, 4) is 10.7 Å². The summed E-state index contributed by atoms with van der Waals surface area (Å²) < 4.78 is 0.696.